The predicted octanol–water partition coefficient (Wildman–Crippen LogP) is 4.57. The highest BCUT2D eigenvalue weighted by Crippen LogP contribution is 2.29. The Labute approximate surface area is 248 Å². The number of hydrogen-bond donors (Lipinski definition) is 4. The van der Waals surface area contributed by atoms with Gasteiger partial charge in [-0.2, -0.15) is 0 Å². The van der Waals surface area contributed by atoms with Crippen LogP contribution in [0.5, 0.6) is 11.5 Å². The fourth-order valence-electron chi connectivity index (χ4n) is 4.43. The second-order valence-corrected chi connectivity index (χ2v) is 11.5. The first-order valence-electron chi connectivity index (χ1n) is 14.8. The molecule has 0 heterocycles. The van der Waals surface area contributed by atoms with Gasteiger partial charge in [-0.15, -0.1) is 0 Å². The molecule has 4 N–H and O–H groups in total. The van der Waals surface area contributed by atoms with E-state index >= 15 is 0 Å². The van der Waals surface area contributed by atoms with Crippen molar-refractivity contribution in [1.29, 1.82) is 0 Å². The van der Waals surface area contributed by atoms with Crippen molar-refractivity contribution in [2.75, 3.05) is 13.2 Å². The van der Waals surface area contributed by atoms with Crippen LogP contribution in [0.2, 0.25) is 0 Å². The third-order valence-electron chi connectivity index (χ3n) is 7.23. The Morgan fingerprint density at radius 3 is 1.24 bits per heavy atom. The lowest BCUT2D eigenvalue weighted by molar-refractivity contribution is -0.131. The molecule has 0 aromatic heterocycles. The average molecular weight is 581 g/mol. The summed E-state index contributed by atoms with van der Waals surface area (Å²) >= 11 is 0. The molecule has 2 aromatic rings. The van der Waals surface area contributed by atoms with Crippen molar-refractivity contribution in [1.82, 2.24) is 21.7 Å². The second-order valence-electron chi connectivity index (χ2n) is 11.5. The molecular weight excluding hydrogens is 536 g/mol. The van der Waals surface area contributed by atoms with Gasteiger partial charge in [0.05, 0.1) is 13.2 Å². The van der Waals surface area contributed by atoms with Crippen molar-refractivity contribution in [2.45, 2.75) is 66.2 Å². The monoisotopic (exact) mass is 580 g/mol. The summed E-state index contributed by atoms with van der Waals surface area (Å²) in [6.45, 7) is 9.74. The van der Waals surface area contributed by atoms with Crippen molar-refractivity contribution in [3.63, 3.8) is 0 Å². The smallest absolute Gasteiger partial charge is 0.269 e. The highest BCUT2D eigenvalue weighted by molar-refractivity contribution is 5.96. The van der Waals surface area contributed by atoms with Gasteiger partial charge in [0, 0.05) is 23.0 Å². The summed E-state index contributed by atoms with van der Waals surface area (Å²) < 4.78 is 11.3. The molecule has 1 saturated carbocycles. The standard InChI is InChI=1S/C32H44N4O6/c1-21(2)17-19-41-27-13-9-25(10-14-27)31(39)35-33-29(37)23-5-7-24(8-6-23)30(38)34-36-32(40)26-11-15-28(16-12-26)42-20-18-22(3)4/h9-16,21-24H,5-8,17-20H2,1-4H3,(H,33,37)(H,34,38)(H,35,39)(H,36,40). The van der Waals surface area contributed by atoms with Gasteiger partial charge in [0.15, 0.2) is 0 Å². The highest BCUT2D eigenvalue weighted by atomic mass is 16.5. The van der Waals surface area contributed by atoms with Crippen LogP contribution in [0.15, 0.2) is 48.5 Å². The van der Waals surface area contributed by atoms with Gasteiger partial charge in [-0.3, -0.25) is 40.9 Å². The quantitative estimate of drug-likeness (QED) is 0.272. The molecule has 2 aromatic carbocycles. The van der Waals surface area contributed by atoms with Crippen molar-refractivity contribution < 1.29 is 28.7 Å². The van der Waals surface area contributed by atoms with E-state index in [9.17, 15) is 19.2 Å². The maximum absolute atomic E-state index is 12.6. The van der Waals surface area contributed by atoms with Gasteiger partial charge >= 0.3 is 0 Å². The third-order valence-corrected chi connectivity index (χ3v) is 7.23. The Bertz CT molecular complexity index is 1080. The molecule has 10 heteroatoms. The van der Waals surface area contributed by atoms with Crippen molar-refractivity contribution >= 4 is 23.6 Å². The number of benzene rings is 2. The normalized spacial score (nSPS) is 16.4. The molecule has 3 rings (SSSR count). The summed E-state index contributed by atoms with van der Waals surface area (Å²) in [5.74, 6) is 0.414. The van der Waals surface area contributed by atoms with Crippen LogP contribution in [0.4, 0.5) is 0 Å². The Kier molecular flexibility index (Phi) is 12.7. The van der Waals surface area contributed by atoms with Crippen molar-refractivity contribution in [3.05, 3.63) is 59.7 Å². The molecular formula is C32H44N4O6. The Morgan fingerprint density at radius 2 is 0.929 bits per heavy atom. The number of hydrogen-bond acceptors (Lipinski definition) is 6. The Balaban J connectivity index is 1.34. The lowest BCUT2D eigenvalue weighted by atomic mass is 9.81. The van der Waals surface area contributed by atoms with Crippen molar-refractivity contribution in [2.24, 2.45) is 23.7 Å². The third kappa shape index (κ3) is 10.7. The highest BCUT2D eigenvalue weighted by Gasteiger charge is 2.30. The number of carbonyl (C=O) groups is 4. The molecule has 4 amide bonds. The molecule has 0 atom stereocenters. The summed E-state index contributed by atoms with van der Waals surface area (Å²) in [6, 6.07) is 13.5. The molecule has 1 fully saturated rings. The fourth-order valence-corrected chi connectivity index (χ4v) is 4.43. The molecule has 228 valence electrons. The van der Waals surface area contributed by atoms with Crippen LogP contribution in [-0.2, 0) is 9.59 Å². The zero-order valence-electron chi connectivity index (χ0n) is 25.0. The van der Waals surface area contributed by atoms with Gasteiger partial charge in [0.25, 0.3) is 11.8 Å². The first-order chi connectivity index (χ1) is 20.1. The second kappa shape index (κ2) is 16.4. The van der Waals surface area contributed by atoms with Gasteiger partial charge in [-0.25, -0.2) is 0 Å². The minimum atomic E-state index is -0.422. The van der Waals surface area contributed by atoms with E-state index in [1.807, 2.05) is 0 Å². The first kappa shape index (κ1) is 32.4. The predicted molar refractivity (Wildman–Crippen MR) is 159 cm³/mol. The molecule has 0 radical (unpaired) electrons. The molecule has 1 aliphatic rings. The lowest BCUT2D eigenvalue weighted by Gasteiger charge is -2.27. The Morgan fingerprint density at radius 1 is 0.595 bits per heavy atom. The molecule has 10 nitrogen and oxygen atoms in total. The van der Waals surface area contributed by atoms with E-state index in [1.54, 1.807) is 48.5 Å². The summed E-state index contributed by atoms with van der Waals surface area (Å²) in [7, 11) is 0. The van der Waals surface area contributed by atoms with E-state index in [0.717, 1.165) is 12.8 Å². The van der Waals surface area contributed by atoms with Crippen LogP contribution in [0.1, 0.15) is 86.9 Å². The van der Waals surface area contributed by atoms with E-state index in [-0.39, 0.29) is 23.7 Å². The number of hydrazine groups is 2. The van der Waals surface area contributed by atoms with Crippen LogP contribution in [-0.4, -0.2) is 36.8 Å². The average Bonchev–Trinajstić information content (AvgIpc) is 2.98. The summed E-state index contributed by atoms with van der Waals surface area (Å²) in [6.07, 6.45) is 3.87. The number of nitrogens with one attached hydrogen (secondary N) is 4. The van der Waals surface area contributed by atoms with Crippen LogP contribution in [0.3, 0.4) is 0 Å². The SMILES string of the molecule is CC(C)CCOc1ccc(C(=O)NNC(=O)C2CCC(C(=O)NNC(=O)c3ccc(OCCC(C)C)cc3)CC2)cc1. The van der Waals surface area contributed by atoms with Gasteiger partial charge in [0.1, 0.15) is 11.5 Å². The number of rotatable bonds is 12. The van der Waals surface area contributed by atoms with Gasteiger partial charge < -0.3 is 9.47 Å². The number of carbonyl (C=O) groups excluding carboxylic acids is 4. The van der Waals surface area contributed by atoms with Crippen LogP contribution >= 0.6 is 0 Å². The minimum absolute atomic E-state index is 0.291. The summed E-state index contributed by atoms with van der Waals surface area (Å²) in [4.78, 5) is 50.1. The largest absolute Gasteiger partial charge is 0.494 e. The maximum Gasteiger partial charge on any atom is 0.269 e. The van der Waals surface area contributed by atoms with Gasteiger partial charge in [-0.1, -0.05) is 27.7 Å². The summed E-state index contributed by atoms with van der Waals surface area (Å²) in [5.41, 5.74) is 10.7. The minimum Gasteiger partial charge on any atom is -0.494 e. The van der Waals surface area contributed by atoms with Crippen LogP contribution in [0.25, 0.3) is 0 Å². The van der Waals surface area contributed by atoms with E-state index in [0.29, 0.717) is 73.4 Å². The van der Waals surface area contributed by atoms with E-state index in [2.05, 4.69) is 49.4 Å². The molecule has 1 aliphatic carbocycles. The van der Waals surface area contributed by atoms with Gasteiger partial charge in [-0.05, 0) is 98.9 Å². The summed E-state index contributed by atoms with van der Waals surface area (Å²) in [5, 5.41) is 0. The fraction of sp³-hybridized carbons (Fsp3) is 0.500. The van der Waals surface area contributed by atoms with Gasteiger partial charge in [0.2, 0.25) is 11.8 Å². The van der Waals surface area contributed by atoms with E-state index in [1.165, 1.54) is 0 Å². The molecule has 0 bridgehead atoms. The topological polar surface area (TPSA) is 135 Å². The number of ether oxygens (including phenoxy) is 2. The molecule has 0 unspecified atom stereocenters. The van der Waals surface area contributed by atoms with Crippen LogP contribution in [0, 0.1) is 23.7 Å². The molecule has 42 heavy (non-hydrogen) atoms. The zero-order valence-corrected chi connectivity index (χ0v) is 25.0. The van der Waals surface area contributed by atoms with Crippen LogP contribution < -0.4 is 31.2 Å². The van der Waals surface area contributed by atoms with E-state index < -0.39 is 11.8 Å². The van der Waals surface area contributed by atoms with Crippen molar-refractivity contribution in [3.8, 4) is 11.5 Å². The number of amides is 4. The molecule has 0 aliphatic heterocycles. The lowest BCUT2D eigenvalue weighted by Crippen LogP contribution is -2.47. The Hall–Kier alpha value is -4.08. The maximum atomic E-state index is 12.6. The molecule has 0 spiro atoms. The molecule has 0 saturated heterocycles. The van der Waals surface area contributed by atoms with E-state index in [4.69, 9.17) is 9.47 Å². The first-order valence-corrected chi connectivity index (χ1v) is 14.8. The zero-order chi connectivity index (χ0) is 30.5.